The quantitative estimate of drug-likeness (QED) is 0.653. The number of aryl methyl sites for hydroxylation is 1. The number of hydrogen-bond donors (Lipinski definition) is 1. The van der Waals surface area contributed by atoms with Crippen molar-refractivity contribution in [1.82, 2.24) is 20.0 Å². The fourth-order valence-corrected chi connectivity index (χ4v) is 4.00. The lowest BCUT2D eigenvalue weighted by molar-refractivity contribution is 0.0926. The predicted octanol–water partition coefficient (Wildman–Crippen LogP) is 3.35. The maximum Gasteiger partial charge on any atom is 0.275 e. The van der Waals surface area contributed by atoms with E-state index >= 15 is 0 Å². The molecule has 156 valence electrons. The van der Waals surface area contributed by atoms with Crippen molar-refractivity contribution in [1.29, 1.82) is 0 Å². The fourth-order valence-electron chi connectivity index (χ4n) is 3.79. The summed E-state index contributed by atoms with van der Waals surface area (Å²) in [7, 11) is 0. The summed E-state index contributed by atoms with van der Waals surface area (Å²) in [6.45, 7) is 3.97. The Balaban J connectivity index is 1.58. The summed E-state index contributed by atoms with van der Waals surface area (Å²) in [4.78, 5) is 27.6. The topological polar surface area (TPSA) is 80.4 Å². The minimum absolute atomic E-state index is 0.0808. The minimum atomic E-state index is -0.517. The van der Waals surface area contributed by atoms with Crippen molar-refractivity contribution in [3.05, 3.63) is 81.1 Å². The number of nitrogens with one attached hydrogen (secondary N) is 1. The van der Waals surface area contributed by atoms with Crippen LogP contribution in [-0.4, -0.2) is 40.2 Å². The van der Waals surface area contributed by atoms with Gasteiger partial charge in [0.15, 0.2) is 5.69 Å². The third-order valence-corrected chi connectivity index (χ3v) is 5.63. The molecule has 1 N–H and O–H groups in total. The highest BCUT2D eigenvalue weighted by Gasteiger charge is 2.27. The van der Waals surface area contributed by atoms with Crippen molar-refractivity contribution in [2.24, 2.45) is 0 Å². The summed E-state index contributed by atoms with van der Waals surface area (Å²) in [5.74, 6) is 0.277. The first-order chi connectivity index (χ1) is 14.5. The zero-order valence-electron chi connectivity index (χ0n) is 16.7. The van der Waals surface area contributed by atoms with Gasteiger partial charge < -0.3 is 9.73 Å². The van der Waals surface area contributed by atoms with E-state index in [2.05, 4.69) is 15.3 Å². The lowest BCUT2D eigenvalue weighted by Gasteiger charge is -2.25. The Kier molecular flexibility index (Phi) is 6.01. The number of benzene rings is 1. The molecule has 30 heavy (non-hydrogen) atoms. The lowest BCUT2D eigenvalue weighted by Crippen LogP contribution is -2.39. The fraction of sp³-hybridized carbons (Fsp3) is 0.318. The molecule has 0 saturated carbocycles. The average Bonchev–Trinajstić information content (AvgIpc) is 3.44. The summed E-state index contributed by atoms with van der Waals surface area (Å²) in [6.07, 6.45) is 3.87. The van der Waals surface area contributed by atoms with E-state index in [1.807, 2.05) is 24.3 Å². The van der Waals surface area contributed by atoms with Gasteiger partial charge in [-0.05, 0) is 57.1 Å². The molecule has 2 aromatic heterocycles. The molecule has 8 heteroatoms. The number of aromatic nitrogens is 2. The van der Waals surface area contributed by atoms with Crippen LogP contribution in [0.25, 0.3) is 5.69 Å². The second kappa shape index (κ2) is 8.85. The Morgan fingerprint density at radius 2 is 2.00 bits per heavy atom. The molecular weight excluding hydrogens is 404 g/mol. The highest BCUT2D eigenvalue weighted by Crippen LogP contribution is 2.25. The minimum Gasteiger partial charge on any atom is -0.468 e. The second-order valence-corrected chi connectivity index (χ2v) is 7.75. The number of carbonyl (C=O) groups is 1. The van der Waals surface area contributed by atoms with Gasteiger partial charge >= 0.3 is 0 Å². The van der Waals surface area contributed by atoms with Gasteiger partial charge in [0.25, 0.3) is 5.91 Å². The summed E-state index contributed by atoms with van der Waals surface area (Å²) in [5, 5.41) is 7.66. The van der Waals surface area contributed by atoms with Crippen LogP contribution in [-0.2, 0) is 0 Å². The van der Waals surface area contributed by atoms with Gasteiger partial charge in [0.1, 0.15) is 5.76 Å². The van der Waals surface area contributed by atoms with Gasteiger partial charge in [-0.2, -0.15) is 5.10 Å². The summed E-state index contributed by atoms with van der Waals surface area (Å²) in [5.41, 5.74) is 0.607. The van der Waals surface area contributed by atoms with Gasteiger partial charge in [0.2, 0.25) is 5.43 Å². The molecule has 1 saturated heterocycles. The number of furan rings is 1. The molecule has 3 aromatic rings. The van der Waals surface area contributed by atoms with E-state index in [1.165, 1.54) is 10.7 Å². The van der Waals surface area contributed by atoms with Gasteiger partial charge in [-0.3, -0.25) is 14.5 Å². The number of rotatable bonds is 6. The van der Waals surface area contributed by atoms with Crippen LogP contribution in [0.3, 0.4) is 0 Å². The van der Waals surface area contributed by atoms with Crippen LogP contribution in [0.5, 0.6) is 0 Å². The van der Waals surface area contributed by atoms with Crippen molar-refractivity contribution in [2.75, 3.05) is 19.6 Å². The Morgan fingerprint density at radius 1 is 1.23 bits per heavy atom. The zero-order valence-corrected chi connectivity index (χ0v) is 17.4. The number of halogens is 1. The van der Waals surface area contributed by atoms with Gasteiger partial charge in [0.05, 0.1) is 23.0 Å². The van der Waals surface area contributed by atoms with Gasteiger partial charge in [-0.1, -0.05) is 23.7 Å². The number of nitrogens with zero attached hydrogens (tertiary/aromatic N) is 3. The van der Waals surface area contributed by atoms with E-state index in [-0.39, 0.29) is 11.7 Å². The van der Waals surface area contributed by atoms with E-state index in [0.717, 1.165) is 31.7 Å². The Morgan fingerprint density at radius 3 is 2.70 bits per heavy atom. The number of amides is 1. The highest BCUT2D eigenvalue weighted by molar-refractivity contribution is 6.32. The molecule has 1 atom stereocenters. The molecule has 0 unspecified atom stereocenters. The summed E-state index contributed by atoms with van der Waals surface area (Å²) < 4.78 is 7.10. The molecule has 1 amide bonds. The number of carbonyl (C=O) groups excluding carboxylic acids is 1. The predicted molar refractivity (Wildman–Crippen MR) is 114 cm³/mol. The van der Waals surface area contributed by atoms with Crippen molar-refractivity contribution in [3.63, 3.8) is 0 Å². The smallest absolute Gasteiger partial charge is 0.275 e. The van der Waals surface area contributed by atoms with Crippen molar-refractivity contribution in [3.8, 4) is 5.69 Å². The molecule has 0 radical (unpaired) electrons. The number of para-hydroxylation sites is 1. The molecule has 7 nitrogen and oxygen atoms in total. The molecule has 1 aromatic carbocycles. The molecule has 1 fully saturated rings. The van der Waals surface area contributed by atoms with E-state index < -0.39 is 11.3 Å². The van der Waals surface area contributed by atoms with E-state index in [9.17, 15) is 9.59 Å². The van der Waals surface area contributed by atoms with E-state index in [1.54, 1.807) is 25.3 Å². The second-order valence-electron chi connectivity index (χ2n) is 7.35. The van der Waals surface area contributed by atoms with Gasteiger partial charge in [-0.15, -0.1) is 0 Å². The normalized spacial score (nSPS) is 15.3. The number of hydrogen-bond acceptors (Lipinski definition) is 5. The van der Waals surface area contributed by atoms with E-state index in [4.69, 9.17) is 16.0 Å². The maximum absolute atomic E-state index is 12.9. The summed E-state index contributed by atoms with van der Waals surface area (Å²) >= 11 is 6.28. The largest absolute Gasteiger partial charge is 0.468 e. The van der Waals surface area contributed by atoms with Crippen LogP contribution in [0, 0.1) is 6.92 Å². The Labute approximate surface area is 179 Å². The monoisotopic (exact) mass is 426 g/mol. The molecule has 0 aliphatic carbocycles. The molecular formula is C22H23ClN4O3. The van der Waals surface area contributed by atoms with Crippen LogP contribution in [0.2, 0.25) is 5.02 Å². The first-order valence-corrected chi connectivity index (χ1v) is 10.3. The van der Waals surface area contributed by atoms with Crippen molar-refractivity contribution in [2.45, 2.75) is 25.8 Å². The summed E-state index contributed by atoms with van der Waals surface area (Å²) in [6, 6.07) is 12.2. The molecule has 3 heterocycles. The highest BCUT2D eigenvalue weighted by atomic mass is 35.5. The molecule has 0 spiro atoms. The standard InChI is InChI=1S/C22H23ClN4O3/c1-15-13-19(28)21(25-27(15)17-8-3-2-7-16(17)23)22(29)24-14-18(20-9-6-12-30-20)26-10-4-5-11-26/h2-3,6-9,12-13,18H,4-5,10-11,14H2,1H3,(H,24,29)/t18-/m0/s1. The molecule has 4 rings (SSSR count). The van der Waals surface area contributed by atoms with Crippen LogP contribution in [0.15, 0.2) is 57.9 Å². The first kappa shape index (κ1) is 20.4. The maximum atomic E-state index is 12.9. The molecule has 0 bridgehead atoms. The van der Waals surface area contributed by atoms with Gasteiger partial charge in [-0.25, -0.2) is 4.68 Å². The lowest BCUT2D eigenvalue weighted by atomic mass is 10.2. The van der Waals surface area contributed by atoms with Crippen LogP contribution >= 0.6 is 11.6 Å². The number of likely N-dealkylation sites (tertiary alicyclic amines) is 1. The molecule has 1 aliphatic rings. The van der Waals surface area contributed by atoms with E-state index in [0.29, 0.717) is 22.9 Å². The zero-order chi connectivity index (χ0) is 21.1. The third-order valence-electron chi connectivity index (χ3n) is 5.31. The molecule has 1 aliphatic heterocycles. The van der Waals surface area contributed by atoms with Crippen molar-refractivity contribution >= 4 is 17.5 Å². The van der Waals surface area contributed by atoms with Crippen LogP contribution in [0.4, 0.5) is 0 Å². The Bertz CT molecular complexity index is 1090. The SMILES string of the molecule is Cc1cc(=O)c(C(=O)NC[C@@H](c2ccco2)N2CCCC2)nn1-c1ccccc1Cl. The van der Waals surface area contributed by atoms with Crippen LogP contribution < -0.4 is 10.7 Å². The Hall–Kier alpha value is -2.90. The average molecular weight is 427 g/mol. The van der Waals surface area contributed by atoms with Crippen LogP contribution in [0.1, 0.15) is 40.8 Å². The van der Waals surface area contributed by atoms with Crippen molar-refractivity contribution < 1.29 is 9.21 Å². The van der Waals surface area contributed by atoms with Gasteiger partial charge in [0, 0.05) is 18.3 Å². The first-order valence-electron chi connectivity index (χ1n) is 9.96. The third kappa shape index (κ3) is 4.17.